The van der Waals surface area contributed by atoms with E-state index in [1.54, 1.807) is 0 Å². The molecule has 2 amide bonds. The highest BCUT2D eigenvalue weighted by atomic mass is 16.2. The molecule has 20 heavy (non-hydrogen) atoms. The molecule has 0 aliphatic rings. The van der Waals surface area contributed by atoms with Gasteiger partial charge in [-0.2, -0.15) is 0 Å². The van der Waals surface area contributed by atoms with E-state index in [1.165, 1.54) is 31.2 Å². The summed E-state index contributed by atoms with van der Waals surface area (Å²) in [4.78, 5) is 11.6. The molecule has 0 aliphatic heterocycles. The highest BCUT2D eigenvalue weighted by molar-refractivity contribution is 5.89. The Labute approximate surface area is 123 Å². The maximum atomic E-state index is 11.6. The molecular weight excluding hydrogens is 248 g/mol. The molecule has 0 saturated heterocycles. The lowest BCUT2D eigenvalue weighted by Crippen LogP contribution is -2.29. The molecule has 0 unspecified atom stereocenters. The highest BCUT2D eigenvalue weighted by Gasteiger charge is 2.00. The Balaban J connectivity index is 2.29. The first kappa shape index (κ1) is 16.5. The Hall–Kier alpha value is -1.51. The molecule has 112 valence electrons. The van der Waals surface area contributed by atoms with Crippen LogP contribution in [0.15, 0.2) is 24.3 Å². The van der Waals surface area contributed by atoms with Crippen LogP contribution in [0.4, 0.5) is 10.5 Å². The van der Waals surface area contributed by atoms with E-state index < -0.39 is 0 Å². The van der Waals surface area contributed by atoms with Crippen molar-refractivity contribution < 1.29 is 4.79 Å². The third kappa shape index (κ3) is 7.17. The number of benzene rings is 1. The third-order valence-electron chi connectivity index (χ3n) is 3.35. The van der Waals surface area contributed by atoms with Crippen LogP contribution >= 0.6 is 0 Å². The van der Waals surface area contributed by atoms with Crippen molar-refractivity contribution in [1.29, 1.82) is 0 Å². The number of hydrogen-bond acceptors (Lipinski definition) is 1. The Bertz CT molecular complexity index is 373. The molecule has 0 fully saturated rings. The number of rotatable bonds is 9. The van der Waals surface area contributed by atoms with Crippen molar-refractivity contribution in [3.05, 3.63) is 29.8 Å². The summed E-state index contributed by atoms with van der Waals surface area (Å²) in [6.07, 6.45) is 8.38. The van der Waals surface area contributed by atoms with E-state index in [0.717, 1.165) is 31.5 Å². The molecule has 0 bridgehead atoms. The molecule has 0 aliphatic carbocycles. The molecule has 0 atom stereocenters. The molecular formula is C17H28N2O. The van der Waals surface area contributed by atoms with Crippen LogP contribution in [-0.4, -0.2) is 12.6 Å². The molecule has 0 spiro atoms. The Morgan fingerprint density at radius 2 is 1.65 bits per heavy atom. The predicted octanol–water partition coefficient (Wildman–Crippen LogP) is 4.73. The highest BCUT2D eigenvalue weighted by Crippen LogP contribution is 2.12. The number of amides is 2. The summed E-state index contributed by atoms with van der Waals surface area (Å²) in [5.41, 5.74) is 2.20. The summed E-state index contributed by atoms with van der Waals surface area (Å²) in [6, 6.07) is 8.05. The second kappa shape index (κ2) is 10.3. The zero-order valence-corrected chi connectivity index (χ0v) is 12.9. The molecule has 2 N–H and O–H groups in total. The predicted molar refractivity (Wildman–Crippen MR) is 86.2 cm³/mol. The van der Waals surface area contributed by atoms with Gasteiger partial charge in [0.1, 0.15) is 0 Å². The van der Waals surface area contributed by atoms with Gasteiger partial charge >= 0.3 is 6.03 Å². The molecule has 0 radical (unpaired) electrons. The summed E-state index contributed by atoms with van der Waals surface area (Å²) in [7, 11) is 0. The van der Waals surface area contributed by atoms with E-state index >= 15 is 0 Å². The lowest BCUT2D eigenvalue weighted by atomic mass is 10.1. The van der Waals surface area contributed by atoms with Crippen molar-refractivity contribution in [2.24, 2.45) is 0 Å². The second-order valence-corrected chi connectivity index (χ2v) is 5.24. The van der Waals surface area contributed by atoms with Crippen molar-refractivity contribution in [2.75, 3.05) is 11.9 Å². The first-order valence-corrected chi connectivity index (χ1v) is 7.90. The van der Waals surface area contributed by atoms with Crippen LogP contribution in [0.3, 0.4) is 0 Å². The number of anilines is 1. The molecule has 1 rings (SSSR count). The van der Waals surface area contributed by atoms with Gasteiger partial charge in [0.2, 0.25) is 0 Å². The number of urea groups is 1. The first-order chi connectivity index (χ1) is 9.76. The molecule has 3 heteroatoms. The van der Waals surface area contributed by atoms with E-state index in [-0.39, 0.29) is 6.03 Å². The van der Waals surface area contributed by atoms with Crippen molar-refractivity contribution in [3.8, 4) is 0 Å². The normalized spacial score (nSPS) is 10.3. The number of carbonyl (C=O) groups is 1. The summed E-state index contributed by atoms with van der Waals surface area (Å²) < 4.78 is 0. The first-order valence-electron chi connectivity index (χ1n) is 7.90. The zero-order valence-electron chi connectivity index (χ0n) is 12.9. The largest absolute Gasteiger partial charge is 0.338 e. The van der Waals surface area contributed by atoms with Gasteiger partial charge in [0.05, 0.1) is 0 Å². The minimum atomic E-state index is -0.117. The number of aryl methyl sites for hydroxylation is 1. The van der Waals surface area contributed by atoms with Gasteiger partial charge < -0.3 is 10.6 Å². The van der Waals surface area contributed by atoms with Crippen LogP contribution in [0.5, 0.6) is 0 Å². The molecule has 1 aromatic rings. The van der Waals surface area contributed by atoms with Crippen LogP contribution in [0, 0.1) is 0 Å². The van der Waals surface area contributed by atoms with Crippen LogP contribution in [0.2, 0.25) is 0 Å². The number of unbranched alkanes of at least 4 members (excludes halogenated alkanes) is 4. The van der Waals surface area contributed by atoms with Crippen LogP contribution in [0.1, 0.15) is 57.9 Å². The van der Waals surface area contributed by atoms with Gasteiger partial charge in [-0.3, -0.25) is 0 Å². The van der Waals surface area contributed by atoms with Crippen LogP contribution in [0.25, 0.3) is 0 Å². The molecule has 1 aromatic carbocycles. The fourth-order valence-electron chi connectivity index (χ4n) is 2.06. The lowest BCUT2D eigenvalue weighted by molar-refractivity contribution is 0.252. The minimum Gasteiger partial charge on any atom is -0.338 e. The third-order valence-corrected chi connectivity index (χ3v) is 3.35. The van der Waals surface area contributed by atoms with Gasteiger partial charge in [-0.1, -0.05) is 51.7 Å². The fourth-order valence-corrected chi connectivity index (χ4v) is 2.06. The molecule has 0 saturated carbocycles. The topological polar surface area (TPSA) is 41.1 Å². The Morgan fingerprint density at radius 3 is 2.30 bits per heavy atom. The van der Waals surface area contributed by atoms with Crippen LogP contribution < -0.4 is 10.6 Å². The van der Waals surface area contributed by atoms with E-state index in [4.69, 9.17) is 0 Å². The number of nitrogens with one attached hydrogen (secondary N) is 2. The van der Waals surface area contributed by atoms with Crippen molar-refractivity contribution >= 4 is 11.7 Å². The fraction of sp³-hybridized carbons (Fsp3) is 0.588. The Kier molecular flexibility index (Phi) is 8.52. The summed E-state index contributed by atoms with van der Waals surface area (Å²) in [6.45, 7) is 5.07. The molecule has 0 heterocycles. The van der Waals surface area contributed by atoms with Gasteiger partial charge in [-0.05, 0) is 37.0 Å². The van der Waals surface area contributed by atoms with Gasteiger partial charge in [0, 0.05) is 12.2 Å². The standard InChI is InChI=1S/C17H28N2O/c1-3-5-7-8-9-15-10-12-16(13-11-15)19-17(20)18-14-6-4-2/h10-13H,3-9,14H2,1-2H3,(H2,18,19,20). The smallest absolute Gasteiger partial charge is 0.319 e. The maximum Gasteiger partial charge on any atom is 0.319 e. The van der Waals surface area contributed by atoms with Crippen molar-refractivity contribution in [1.82, 2.24) is 5.32 Å². The molecule has 0 aromatic heterocycles. The van der Waals surface area contributed by atoms with E-state index in [0.29, 0.717) is 0 Å². The SMILES string of the molecule is CCCCCCc1ccc(NC(=O)NCCCC)cc1. The monoisotopic (exact) mass is 276 g/mol. The number of hydrogen-bond donors (Lipinski definition) is 2. The van der Waals surface area contributed by atoms with Gasteiger partial charge in [-0.25, -0.2) is 4.79 Å². The van der Waals surface area contributed by atoms with Gasteiger partial charge in [0.25, 0.3) is 0 Å². The van der Waals surface area contributed by atoms with E-state index in [9.17, 15) is 4.79 Å². The second-order valence-electron chi connectivity index (χ2n) is 5.24. The van der Waals surface area contributed by atoms with Crippen molar-refractivity contribution in [2.45, 2.75) is 58.8 Å². The summed E-state index contributed by atoms with van der Waals surface area (Å²) in [5, 5.41) is 5.70. The minimum absolute atomic E-state index is 0.117. The van der Waals surface area contributed by atoms with Gasteiger partial charge in [-0.15, -0.1) is 0 Å². The average Bonchev–Trinajstić information content (AvgIpc) is 2.46. The summed E-state index contributed by atoms with van der Waals surface area (Å²) >= 11 is 0. The Morgan fingerprint density at radius 1 is 0.950 bits per heavy atom. The summed E-state index contributed by atoms with van der Waals surface area (Å²) in [5.74, 6) is 0. The lowest BCUT2D eigenvalue weighted by Gasteiger charge is -2.08. The van der Waals surface area contributed by atoms with E-state index in [1.807, 2.05) is 12.1 Å². The van der Waals surface area contributed by atoms with Gasteiger partial charge in [0.15, 0.2) is 0 Å². The average molecular weight is 276 g/mol. The van der Waals surface area contributed by atoms with Crippen molar-refractivity contribution in [3.63, 3.8) is 0 Å². The molecule has 3 nitrogen and oxygen atoms in total. The quantitative estimate of drug-likeness (QED) is 0.629. The zero-order chi connectivity index (χ0) is 14.6. The maximum absolute atomic E-state index is 11.6. The van der Waals surface area contributed by atoms with E-state index in [2.05, 4.69) is 36.6 Å². The van der Waals surface area contributed by atoms with Crippen LogP contribution in [-0.2, 0) is 6.42 Å². The number of carbonyl (C=O) groups excluding carboxylic acids is 1.